The van der Waals surface area contributed by atoms with Crippen molar-refractivity contribution in [3.63, 3.8) is 0 Å². The van der Waals surface area contributed by atoms with Crippen LogP contribution in [0.1, 0.15) is 0 Å². The van der Waals surface area contributed by atoms with E-state index in [0.717, 1.165) is 11.1 Å². The van der Waals surface area contributed by atoms with Gasteiger partial charge in [0.15, 0.2) is 23.0 Å². The van der Waals surface area contributed by atoms with E-state index in [9.17, 15) is 20.4 Å². The molecule has 3 rings (SSSR count). The number of benzene rings is 2. The van der Waals surface area contributed by atoms with Gasteiger partial charge >= 0.3 is 0 Å². The first-order valence-corrected chi connectivity index (χ1v) is 9.31. The summed E-state index contributed by atoms with van der Waals surface area (Å²) in [6.45, 7) is -0.541. The molecule has 5 unspecified atom stereocenters. The van der Waals surface area contributed by atoms with Crippen LogP contribution in [-0.2, 0) is 4.74 Å². The summed E-state index contributed by atoms with van der Waals surface area (Å²) in [5.74, 6) is 1.80. The van der Waals surface area contributed by atoms with E-state index >= 15 is 0 Å². The van der Waals surface area contributed by atoms with Gasteiger partial charge in [-0.05, 0) is 35.4 Å². The van der Waals surface area contributed by atoms with Crippen LogP contribution in [0.2, 0.25) is 0 Å². The molecule has 5 atom stereocenters. The van der Waals surface area contributed by atoms with Gasteiger partial charge in [-0.25, -0.2) is 0 Å². The highest BCUT2D eigenvalue weighted by Gasteiger charge is 2.44. The Balaban J connectivity index is 1.86. The molecule has 1 fully saturated rings. The first-order valence-electron chi connectivity index (χ1n) is 9.31. The Kier molecular flexibility index (Phi) is 7.01. The average molecular weight is 422 g/mol. The Labute approximate surface area is 174 Å². The molecule has 0 bridgehead atoms. The van der Waals surface area contributed by atoms with Crippen molar-refractivity contribution in [3.8, 4) is 34.1 Å². The minimum absolute atomic E-state index is 0.256. The minimum Gasteiger partial charge on any atom is -0.493 e. The zero-order valence-corrected chi connectivity index (χ0v) is 16.9. The Bertz CT molecular complexity index is 854. The van der Waals surface area contributed by atoms with Crippen molar-refractivity contribution in [2.24, 2.45) is 0 Å². The molecule has 1 aliphatic rings. The van der Waals surface area contributed by atoms with Gasteiger partial charge in [-0.3, -0.25) is 0 Å². The second-order valence-corrected chi connectivity index (χ2v) is 6.75. The number of rotatable bonds is 7. The van der Waals surface area contributed by atoms with E-state index in [1.54, 1.807) is 38.5 Å². The van der Waals surface area contributed by atoms with Gasteiger partial charge < -0.3 is 44.1 Å². The molecule has 0 amide bonds. The molecule has 0 radical (unpaired) electrons. The monoisotopic (exact) mass is 422 g/mol. The first-order chi connectivity index (χ1) is 14.4. The van der Waals surface area contributed by atoms with Gasteiger partial charge in [0.2, 0.25) is 6.29 Å². The molecule has 164 valence electrons. The van der Waals surface area contributed by atoms with Gasteiger partial charge in [0.25, 0.3) is 0 Å². The number of aliphatic hydroxyl groups is 4. The van der Waals surface area contributed by atoms with Gasteiger partial charge in [0.05, 0.1) is 27.9 Å². The van der Waals surface area contributed by atoms with E-state index in [1.165, 1.54) is 7.11 Å². The Morgan fingerprint density at radius 3 is 1.80 bits per heavy atom. The summed E-state index contributed by atoms with van der Waals surface area (Å²) in [5, 5.41) is 39.3. The molecule has 0 spiro atoms. The molecular weight excluding hydrogens is 396 g/mol. The van der Waals surface area contributed by atoms with Crippen molar-refractivity contribution in [1.82, 2.24) is 0 Å². The van der Waals surface area contributed by atoms with Crippen molar-refractivity contribution >= 4 is 0 Å². The third-order valence-corrected chi connectivity index (χ3v) is 4.97. The summed E-state index contributed by atoms with van der Waals surface area (Å²) in [4.78, 5) is 0. The molecule has 0 aromatic heterocycles. The van der Waals surface area contributed by atoms with Crippen LogP contribution in [0.3, 0.4) is 0 Å². The molecule has 0 saturated carbocycles. The van der Waals surface area contributed by atoms with Gasteiger partial charge in [-0.2, -0.15) is 0 Å². The van der Waals surface area contributed by atoms with E-state index in [4.69, 9.17) is 23.7 Å². The van der Waals surface area contributed by atoms with Crippen LogP contribution in [0.5, 0.6) is 23.0 Å². The zero-order chi connectivity index (χ0) is 21.8. The molecule has 30 heavy (non-hydrogen) atoms. The standard InChI is InChI=1S/C21H26O9/c1-26-13-6-4-11(8-15(13)27-2)12-5-7-14(16(9-12)28-3)29-21-20(25)19(24)18(23)17(10-22)30-21/h4-9,17-25H,10H2,1-3H3. The number of hydrogen-bond donors (Lipinski definition) is 4. The second kappa shape index (κ2) is 9.50. The van der Waals surface area contributed by atoms with Crippen LogP contribution >= 0.6 is 0 Å². The predicted octanol–water partition coefficient (Wildman–Crippen LogP) is 0.558. The van der Waals surface area contributed by atoms with E-state index in [2.05, 4.69) is 0 Å². The molecule has 0 aliphatic carbocycles. The Hall–Kier alpha value is -2.56. The summed E-state index contributed by atoms with van der Waals surface area (Å²) in [5.41, 5.74) is 1.67. The maximum Gasteiger partial charge on any atom is 0.229 e. The Morgan fingerprint density at radius 2 is 1.27 bits per heavy atom. The number of methoxy groups -OCH3 is 3. The van der Waals surface area contributed by atoms with Crippen molar-refractivity contribution in [1.29, 1.82) is 0 Å². The summed E-state index contributed by atoms with van der Waals surface area (Å²) >= 11 is 0. The van der Waals surface area contributed by atoms with Gasteiger partial charge in [0.1, 0.15) is 24.4 Å². The van der Waals surface area contributed by atoms with Crippen molar-refractivity contribution in [2.75, 3.05) is 27.9 Å². The van der Waals surface area contributed by atoms with E-state index in [1.807, 2.05) is 12.1 Å². The highest BCUT2D eigenvalue weighted by Crippen LogP contribution is 2.37. The van der Waals surface area contributed by atoms with E-state index in [-0.39, 0.29) is 5.75 Å². The SMILES string of the molecule is COc1ccc(-c2ccc(OC3OC(CO)C(O)C(O)C3O)c(OC)c2)cc1OC. The third-order valence-electron chi connectivity index (χ3n) is 4.97. The predicted molar refractivity (Wildman–Crippen MR) is 106 cm³/mol. The van der Waals surface area contributed by atoms with Crippen LogP contribution in [-0.4, -0.2) is 79.1 Å². The fraction of sp³-hybridized carbons (Fsp3) is 0.429. The fourth-order valence-corrected chi connectivity index (χ4v) is 3.25. The fourth-order valence-electron chi connectivity index (χ4n) is 3.25. The van der Waals surface area contributed by atoms with Crippen LogP contribution in [0.4, 0.5) is 0 Å². The van der Waals surface area contributed by atoms with Crippen molar-refractivity contribution in [3.05, 3.63) is 36.4 Å². The lowest BCUT2D eigenvalue weighted by Crippen LogP contribution is -2.60. The van der Waals surface area contributed by atoms with Crippen molar-refractivity contribution < 1.29 is 44.1 Å². The molecule has 1 aliphatic heterocycles. The normalized spacial score (nSPS) is 26.2. The Morgan fingerprint density at radius 1 is 0.733 bits per heavy atom. The highest BCUT2D eigenvalue weighted by molar-refractivity contribution is 5.70. The molecular formula is C21H26O9. The molecule has 4 N–H and O–H groups in total. The molecule has 9 heteroatoms. The smallest absolute Gasteiger partial charge is 0.229 e. The lowest BCUT2D eigenvalue weighted by atomic mass is 9.99. The topological polar surface area (TPSA) is 127 Å². The van der Waals surface area contributed by atoms with Crippen LogP contribution < -0.4 is 18.9 Å². The summed E-state index contributed by atoms with van der Waals surface area (Å²) in [6, 6.07) is 10.6. The molecule has 1 saturated heterocycles. The maximum atomic E-state index is 10.2. The van der Waals surface area contributed by atoms with Crippen LogP contribution in [0.25, 0.3) is 11.1 Å². The highest BCUT2D eigenvalue weighted by atomic mass is 16.7. The average Bonchev–Trinajstić information content (AvgIpc) is 2.78. The number of aliphatic hydroxyl groups excluding tert-OH is 4. The maximum absolute atomic E-state index is 10.2. The van der Waals surface area contributed by atoms with E-state index in [0.29, 0.717) is 17.2 Å². The number of hydrogen-bond acceptors (Lipinski definition) is 9. The van der Waals surface area contributed by atoms with E-state index < -0.39 is 37.3 Å². The quantitative estimate of drug-likeness (QED) is 0.506. The van der Waals surface area contributed by atoms with Crippen molar-refractivity contribution in [2.45, 2.75) is 30.7 Å². The largest absolute Gasteiger partial charge is 0.493 e. The second-order valence-electron chi connectivity index (χ2n) is 6.75. The third kappa shape index (κ3) is 4.30. The van der Waals surface area contributed by atoms with Crippen LogP contribution in [0.15, 0.2) is 36.4 Å². The summed E-state index contributed by atoms with van der Waals surface area (Å²) < 4.78 is 27.1. The minimum atomic E-state index is -1.53. The molecule has 2 aromatic carbocycles. The molecule has 2 aromatic rings. The van der Waals surface area contributed by atoms with Gasteiger partial charge in [-0.1, -0.05) is 12.1 Å². The summed E-state index contributed by atoms with van der Waals surface area (Å²) in [7, 11) is 4.58. The van der Waals surface area contributed by atoms with Crippen LogP contribution in [0, 0.1) is 0 Å². The van der Waals surface area contributed by atoms with Gasteiger partial charge in [0, 0.05) is 0 Å². The lowest BCUT2D eigenvalue weighted by molar-refractivity contribution is -0.277. The first kappa shape index (κ1) is 22.1. The van der Waals surface area contributed by atoms with Gasteiger partial charge in [-0.15, -0.1) is 0 Å². The number of ether oxygens (including phenoxy) is 5. The lowest BCUT2D eigenvalue weighted by Gasteiger charge is -2.39. The molecule has 1 heterocycles. The molecule has 9 nitrogen and oxygen atoms in total. The summed E-state index contributed by atoms with van der Waals surface area (Å²) in [6.07, 6.45) is -6.87. The zero-order valence-electron chi connectivity index (χ0n) is 16.9.